The average Bonchev–Trinajstić information content (AvgIpc) is 2.47. The molecule has 0 unspecified atom stereocenters. The van der Waals surface area contributed by atoms with Crippen LogP contribution in [0.2, 0.25) is 0 Å². The van der Waals surface area contributed by atoms with E-state index in [0.29, 0.717) is 17.8 Å². The minimum atomic E-state index is -0.199. The Hall–Kier alpha value is -2.74. The molecule has 2 aromatic rings. The first-order chi connectivity index (χ1) is 9.20. The van der Waals surface area contributed by atoms with Crippen molar-refractivity contribution in [2.75, 3.05) is 7.05 Å². The molecule has 0 fully saturated rings. The van der Waals surface area contributed by atoms with Gasteiger partial charge in [-0.2, -0.15) is 5.26 Å². The summed E-state index contributed by atoms with van der Waals surface area (Å²) < 4.78 is 0. The third-order valence-corrected chi connectivity index (χ3v) is 2.60. The largest absolute Gasteiger partial charge is 0.336 e. The Labute approximate surface area is 111 Å². The number of hydrogen-bond donors (Lipinski definition) is 0. The van der Waals surface area contributed by atoms with E-state index in [2.05, 4.69) is 16.0 Å². The summed E-state index contributed by atoms with van der Waals surface area (Å²) in [5.41, 5.74) is 1.79. The number of carbonyl (C=O) groups is 1. The van der Waals surface area contributed by atoms with Gasteiger partial charge in [-0.3, -0.25) is 9.78 Å². The molecule has 5 nitrogen and oxygen atoms in total. The fourth-order valence-electron chi connectivity index (χ4n) is 1.69. The van der Waals surface area contributed by atoms with Gasteiger partial charge in [-0.05, 0) is 17.7 Å². The molecule has 2 rings (SSSR count). The van der Waals surface area contributed by atoms with E-state index in [-0.39, 0.29) is 5.91 Å². The molecule has 0 bridgehead atoms. The Bertz CT molecular complexity index is 619. The third-order valence-electron chi connectivity index (χ3n) is 2.60. The lowest BCUT2D eigenvalue weighted by atomic mass is 10.1. The topological polar surface area (TPSA) is 69.9 Å². The Morgan fingerprint density at radius 3 is 2.95 bits per heavy atom. The normalized spacial score (nSPS) is 9.68. The van der Waals surface area contributed by atoms with Crippen LogP contribution >= 0.6 is 0 Å². The van der Waals surface area contributed by atoms with Gasteiger partial charge >= 0.3 is 0 Å². The van der Waals surface area contributed by atoms with E-state index in [1.807, 2.05) is 6.07 Å². The van der Waals surface area contributed by atoms with Crippen molar-refractivity contribution in [3.63, 3.8) is 0 Å². The van der Waals surface area contributed by atoms with Gasteiger partial charge in [-0.25, -0.2) is 4.98 Å². The predicted molar refractivity (Wildman–Crippen MR) is 69.0 cm³/mol. The molecule has 0 radical (unpaired) electrons. The Kier molecular flexibility index (Phi) is 3.84. The van der Waals surface area contributed by atoms with Gasteiger partial charge in [0.25, 0.3) is 5.91 Å². The van der Waals surface area contributed by atoms with Crippen LogP contribution in [0, 0.1) is 11.3 Å². The molecule has 0 aliphatic rings. The summed E-state index contributed by atoms with van der Waals surface area (Å²) in [5, 5.41) is 8.83. The lowest BCUT2D eigenvalue weighted by molar-refractivity contribution is 0.0779. The molecule has 0 atom stereocenters. The summed E-state index contributed by atoms with van der Waals surface area (Å²) in [6.45, 7) is 0.422. The minimum absolute atomic E-state index is 0.199. The van der Waals surface area contributed by atoms with Gasteiger partial charge in [0, 0.05) is 26.0 Å². The zero-order valence-electron chi connectivity index (χ0n) is 10.4. The molecule has 1 amide bonds. The van der Waals surface area contributed by atoms with Crippen LogP contribution in [0.5, 0.6) is 0 Å². The van der Waals surface area contributed by atoms with E-state index < -0.39 is 0 Å². The van der Waals surface area contributed by atoms with Crippen LogP contribution < -0.4 is 0 Å². The molecule has 0 spiro atoms. The molecule has 1 aromatic carbocycles. The first-order valence-corrected chi connectivity index (χ1v) is 5.71. The Balaban J connectivity index is 2.11. The van der Waals surface area contributed by atoms with Crippen LogP contribution in [0.4, 0.5) is 0 Å². The van der Waals surface area contributed by atoms with Crippen molar-refractivity contribution in [3.8, 4) is 6.07 Å². The van der Waals surface area contributed by atoms with Gasteiger partial charge in [0.2, 0.25) is 0 Å². The summed E-state index contributed by atoms with van der Waals surface area (Å²) >= 11 is 0. The number of hydrogen-bond acceptors (Lipinski definition) is 4. The van der Waals surface area contributed by atoms with Crippen LogP contribution in [-0.4, -0.2) is 27.8 Å². The van der Waals surface area contributed by atoms with E-state index in [1.165, 1.54) is 18.6 Å². The monoisotopic (exact) mass is 252 g/mol. The highest BCUT2D eigenvalue weighted by Gasteiger charge is 2.13. The molecule has 19 heavy (non-hydrogen) atoms. The van der Waals surface area contributed by atoms with Crippen LogP contribution in [0.1, 0.15) is 21.6 Å². The summed E-state index contributed by atoms with van der Waals surface area (Å²) in [4.78, 5) is 21.4. The second kappa shape index (κ2) is 5.74. The SMILES string of the molecule is CN(Cc1cccc(C#N)c1)C(=O)c1cnccn1. The van der Waals surface area contributed by atoms with Crippen LogP contribution in [-0.2, 0) is 6.54 Å². The Morgan fingerprint density at radius 1 is 1.42 bits per heavy atom. The lowest BCUT2D eigenvalue weighted by Crippen LogP contribution is -2.27. The summed E-state index contributed by atoms with van der Waals surface area (Å²) in [7, 11) is 1.69. The van der Waals surface area contributed by atoms with Crippen molar-refractivity contribution in [2.24, 2.45) is 0 Å². The molecular weight excluding hydrogens is 240 g/mol. The first kappa shape index (κ1) is 12.7. The predicted octanol–water partition coefficient (Wildman–Crippen LogP) is 1.62. The molecule has 94 valence electrons. The van der Waals surface area contributed by atoms with Crippen molar-refractivity contribution in [1.82, 2.24) is 14.9 Å². The third kappa shape index (κ3) is 3.13. The van der Waals surface area contributed by atoms with E-state index in [4.69, 9.17) is 5.26 Å². The fourth-order valence-corrected chi connectivity index (χ4v) is 1.69. The molecular formula is C14H12N4O. The smallest absolute Gasteiger partial charge is 0.274 e. The number of nitrogens with zero attached hydrogens (tertiary/aromatic N) is 4. The molecule has 5 heteroatoms. The summed E-state index contributed by atoms with van der Waals surface area (Å²) in [5.74, 6) is -0.199. The number of rotatable bonds is 3. The molecule has 0 N–H and O–H groups in total. The van der Waals surface area contributed by atoms with Gasteiger partial charge in [0.05, 0.1) is 17.8 Å². The number of carbonyl (C=O) groups excluding carboxylic acids is 1. The van der Waals surface area contributed by atoms with Gasteiger partial charge in [0.1, 0.15) is 5.69 Å². The fraction of sp³-hybridized carbons (Fsp3) is 0.143. The van der Waals surface area contributed by atoms with E-state index in [9.17, 15) is 4.79 Å². The highest BCUT2D eigenvalue weighted by Crippen LogP contribution is 2.08. The molecule has 0 aliphatic heterocycles. The number of nitriles is 1. The van der Waals surface area contributed by atoms with E-state index in [0.717, 1.165) is 5.56 Å². The van der Waals surface area contributed by atoms with Crippen molar-refractivity contribution in [2.45, 2.75) is 6.54 Å². The molecule has 0 saturated carbocycles. The zero-order valence-corrected chi connectivity index (χ0v) is 10.4. The zero-order chi connectivity index (χ0) is 13.7. The summed E-state index contributed by atoms with van der Waals surface area (Å²) in [6, 6.07) is 9.25. The lowest BCUT2D eigenvalue weighted by Gasteiger charge is -2.16. The average molecular weight is 252 g/mol. The molecule has 1 heterocycles. The van der Waals surface area contributed by atoms with Crippen molar-refractivity contribution >= 4 is 5.91 Å². The number of benzene rings is 1. The van der Waals surface area contributed by atoms with Gasteiger partial charge < -0.3 is 4.90 Å². The number of aromatic nitrogens is 2. The van der Waals surface area contributed by atoms with Crippen molar-refractivity contribution in [3.05, 3.63) is 59.7 Å². The second-order valence-corrected chi connectivity index (χ2v) is 4.06. The van der Waals surface area contributed by atoms with Crippen molar-refractivity contribution in [1.29, 1.82) is 5.26 Å². The van der Waals surface area contributed by atoms with Crippen LogP contribution in [0.15, 0.2) is 42.9 Å². The van der Waals surface area contributed by atoms with Gasteiger partial charge in [0.15, 0.2) is 0 Å². The maximum absolute atomic E-state index is 12.1. The van der Waals surface area contributed by atoms with Crippen LogP contribution in [0.25, 0.3) is 0 Å². The van der Waals surface area contributed by atoms with Crippen molar-refractivity contribution < 1.29 is 4.79 Å². The highest BCUT2D eigenvalue weighted by molar-refractivity contribution is 5.91. The molecule has 1 aromatic heterocycles. The molecule has 0 aliphatic carbocycles. The minimum Gasteiger partial charge on any atom is -0.336 e. The maximum Gasteiger partial charge on any atom is 0.274 e. The second-order valence-electron chi connectivity index (χ2n) is 4.06. The first-order valence-electron chi connectivity index (χ1n) is 5.71. The van der Waals surface area contributed by atoms with Crippen LogP contribution in [0.3, 0.4) is 0 Å². The summed E-state index contributed by atoms with van der Waals surface area (Å²) in [6.07, 6.45) is 4.44. The highest BCUT2D eigenvalue weighted by atomic mass is 16.2. The standard InChI is InChI=1S/C14H12N4O/c1-18(14(19)13-9-16-5-6-17-13)10-12-4-2-3-11(7-12)8-15/h2-7,9H,10H2,1H3. The maximum atomic E-state index is 12.1. The molecule has 0 saturated heterocycles. The van der Waals surface area contributed by atoms with E-state index in [1.54, 1.807) is 30.1 Å². The van der Waals surface area contributed by atoms with Gasteiger partial charge in [-0.15, -0.1) is 0 Å². The van der Waals surface area contributed by atoms with E-state index >= 15 is 0 Å². The number of amides is 1. The van der Waals surface area contributed by atoms with Gasteiger partial charge in [-0.1, -0.05) is 12.1 Å². The Morgan fingerprint density at radius 2 is 2.26 bits per heavy atom. The quantitative estimate of drug-likeness (QED) is 0.832.